The Morgan fingerprint density at radius 2 is 1.52 bits per heavy atom. The molecule has 0 spiro atoms. The molecule has 0 fully saturated rings. The molecule has 0 aromatic carbocycles. The zero-order valence-corrected chi connectivity index (χ0v) is 22.0. The minimum atomic E-state index is -4.33. The summed E-state index contributed by atoms with van der Waals surface area (Å²) in [5.41, 5.74) is 0. The summed E-state index contributed by atoms with van der Waals surface area (Å²) < 4.78 is 33.3. The maximum Gasteiger partial charge on any atom is 0.472 e. The molecule has 0 amide bonds. The third-order valence-electron chi connectivity index (χ3n) is 4.78. The van der Waals surface area contributed by atoms with Gasteiger partial charge in [-0.25, -0.2) is 4.57 Å². The first-order valence-corrected chi connectivity index (χ1v) is 13.5. The van der Waals surface area contributed by atoms with Gasteiger partial charge in [0.15, 0.2) is 6.10 Å². The molecule has 1 N–H and O–H groups in total. The third-order valence-corrected chi connectivity index (χ3v) is 5.77. The van der Waals surface area contributed by atoms with Gasteiger partial charge < -0.3 is 25.8 Å². The number of phosphoric ester groups is 1. The largest absolute Gasteiger partial charge is 0.472 e. The van der Waals surface area contributed by atoms with Gasteiger partial charge in [-0.3, -0.25) is 18.6 Å². The highest BCUT2D eigenvalue weighted by molar-refractivity contribution is 7.47. The normalized spacial score (nSPS) is 14.5. The lowest BCUT2D eigenvalue weighted by molar-refractivity contribution is -0.870. The van der Waals surface area contributed by atoms with Crippen LogP contribution in [0, 0.1) is 6.92 Å². The van der Waals surface area contributed by atoms with Crippen molar-refractivity contribution in [3.63, 3.8) is 0 Å². The number of nitrogens with zero attached hydrogens (tertiary/aromatic N) is 1. The lowest BCUT2D eigenvalue weighted by atomic mass is 10.1. The van der Waals surface area contributed by atoms with Crippen molar-refractivity contribution in [1.82, 2.24) is 0 Å². The van der Waals surface area contributed by atoms with Crippen molar-refractivity contribution in [3.05, 3.63) is 6.92 Å². The van der Waals surface area contributed by atoms with Crippen molar-refractivity contribution in [2.24, 2.45) is 0 Å². The molecule has 0 saturated carbocycles. The number of carbonyl (C=O) groups excluding carboxylic acids is 2. The molecule has 33 heavy (non-hydrogen) atoms. The highest BCUT2D eigenvalue weighted by atomic mass is 31.2. The second kappa shape index (κ2) is 18.4. The molecule has 0 heterocycles. The minimum Gasteiger partial charge on any atom is -0.462 e. The molecule has 196 valence electrons. The van der Waals surface area contributed by atoms with E-state index in [4.69, 9.17) is 18.5 Å². The monoisotopic (exact) mass is 495 g/mol. The number of rotatable bonds is 21. The van der Waals surface area contributed by atoms with E-state index in [1.165, 1.54) is 0 Å². The topological polar surface area (TPSA) is 108 Å². The third kappa shape index (κ3) is 21.3. The van der Waals surface area contributed by atoms with Gasteiger partial charge in [0.2, 0.25) is 0 Å². The molecule has 0 aromatic heterocycles. The highest BCUT2D eigenvalue weighted by Crippen LogP contribution is 2.43. The number of carbonyl (C=O) groups is 2. The van der Waals surface area contributed by atoms with Crippen LogP contribution in [-0.4, -0.2) is 74.9 Å². The molecular weight excluding hydrogens is 449 g/mol. The molecule has 2 atom stereocenters. The van der Waals surface area contributed by atoms with E-state index in [-0.39, 0.29) is 26.1 Å². The number of unbranched alkanes of at least 4 members (excludes halogenated alkanes) is 7. The molecule has 0 aromatic rings. The van der Waals surface area contributed by atoms with E-state index in [0.29, 0.717) is 17.4 Å². The number of ether oxygens (including phenoxy) is 2. The number of esters is 2. The van der Waals surface area contributed by atoms with Crippen LogP contribution >= 0.6 is 7.82 Å². The number of hydrogen-bond acceptors (Lipinski definition) is 7. The molecule has 10 heteroatoms. The molecule has 0 aliphatic heterocycles. The SMILES string of the molecule is [CH2-]CCCCCCCC(=O)OC[C@H](COP(=O)(O)OCC[N+](C)(C)C)OC(=O)CCCCC. The van der Waals surface area contributed by atoms with E-state index in [0.717, 1.165) is 51.4 Å². The van der Waals surface area contributed by atoms with Gasteiger partial charge in [-0.15, -0.1) is 0 Å². The highest BCUT2D eigenvalue weighted by Gasteiger charge is 2.26. The predicted molar refractivity (Wildman–Crippen MR) is 127 cm³/mol. The van der Waals surface area contributed by atoms with Crippen LogP contribution in [0.25, 0.3) is 0 Å². The van der Waals surface area contributed by atoms with Gasteiger partial charge in [0.1, 0.15) is 19.8 Å². The molecule has 0 rings (SSSR count). The van der Waals surface area contributed by atoms with Crippen molar-refractivity contribution >= 4 is 19.8 Å². The predicted octanol–water partition coefficient (Wildman–Crippen LogP) is 4.43. The first-order valence-electron chi connectivity index (χ1n) is 12.1. The van der Waals surface area contributed by atoms with Gasteiger partial charge in [-0.05, 0) is 12.8 Å². The van der Waals surface area contributed by atoms with Gasteiger partial charge >= 0.3 is 19.8 Å². The fourth-order valence-corrected chi connectivity index (χ4v) is 3.50. The number of phosphoric acid groups is 1. The van der Waals surface area contributed by atoms with Gasteiger partial charge in [-0.2, -0.15) is 6.42 Å². The maximum absolute atomic E-state index is 12.1. The van der Waals surface area contributed by atoms with Crippen molar-refractivity contribution < 1.29 is 42.1 Å². The first-order chi connectivity index (χ1) is 15.5. The minimum absolute atomic E-state index is 0.0303. The lowest BCUT2D eigenvalue weighted by Crippen LogP contribution is -2.37. The molecule has 0 radical (unpaired) electrons. The molecule has 0 bridgehead atoms. The smallest absolute Gasteiger partial charge is 0.462 e. The van der Waals surface area contributed by atoms with E-state index in [1.54, 1.807) is 0 Å². The number of quaternary nitrogens is 1. The van der Waals surface area contributed by atoms with E-state index >= 15 is 0 Å². The first kappa shape index (κ1) is 32.0. The Morgan fingerprint density at radius 3 is 2.15 bits per heavy atom. The van der Waals surface area contributed by atoms with Crippen LogP contribution in [0.2, 0.25) is 0 Å². The molecule has 0 aliphatic rings. The summed E-state index contributed by atoms with van der Waals surface area (Å²) in [6, 6.07) is 0. The summed E-state index contributed by atoms with van der Waals surface area (Å²) in [4.78, 5) is 34.0. The van der Waals surface area contributed by atoms with Gasteiger partial charge in [0.25, 0.3) is 0 Å². The fraction of sp³-hybridized carbons (Fsp3) is 0.870. The van der Waals surface area contributed by atoms with Crippen LogP contribution in [0.15, 0.2) is 0 Å². The summed E-state index contributed by atoms with van der Waals surface area (Å²) in [6.07, 6.45) is 7.87. The quantitative estimate of drug-likeness (QED) is 0.0819. The van der Waals surface area contributed by atoms with Crippen LogP contribution < -0.4 is 0 Å². The number of likely N-dealkylation sites (N-methyl/N-ethyl adjacent to an activating group) is 1. The second-order valence-corrected chi connectivity index (χ2v) is 10.7. The van der Waals surface area contributed by atoms with Gasteiger partial charge in [0, 0.05) is 12.8 Å². The van der Waals surface area contributed by atoms with E-state index in [2.05, 4.69) is 6.92 Å². The van der Waals surface area contributed by atoms with Crippen LogP contribution in [0.3, 0.4) is 0 Å². The standard InChI is InChI=1S/C23H46NO8P/c1-6-8-10-11-12-14-15-22(25)29-19-21(32-23(26)16-13-9-7-2)20-31-33(27,28)30-18-17-24(3,4)5/h21H,1,6-20H2,2-5H3,(H,27,28)/t21-/m1/s1. The lowest BCUT2D eigenvalue weighted by Gasteiger charge is -2.24. The van der Waals surface area contributed by atoms with E-state index in [1.807, 2.05) is 28.1 Å². The average molecular weight is 496 g/mol. The van der Waals surface area contributed by atoms with Crippen molar-refractivity contribution in [1.29, 1.82) is 0 Å². The van der Waals surface area contributed by atoms with Crippen molar-refractivity contribution in [3.8, 4) is 0 Å². The molecule has 0 aliphatic carbocycles. The Balaban J connectivity index is 4.57. The Kier molecular flexibility index (Phi) is 17.8. The molecule has 9 nitrogen and oxygen atoms in total. The molecule has 0 saturated heterocycles. The Morgan fingerprint density at radius 1 is 0.909 bits per heavy atom. The number of hydrogen-bond donors (Lipinski definition) is 1. The van der Waals surface area contributed by atoms with Crippen LogP contribution in [0.5, 0.6) is 0 Å². The summed E-state index contributed by atoms with van der Waals surface area (Å²) in [5.74, 6) is -0.859. The second-order valence-electron chi connectivity index (χ2n) is 9.23. The van der Waals surface area contributed by atoms with Gasteiger partial charge in [-0.1, -0.05) is 45.4 Å². The zero-order valence-electron chi connectivity index (χ0n) is 21.1. The van der Waals surface area contributed by atoms with Crippen molar-refractivity contribution in [2.75, 3.05) is 47.5 Å². The summed E-state index contributed by atoms with van der Waals surface area (Å²) in [6.45, 7) is 5.73. The molecule has 1 unspecified atom stereocenters. The molecular formula is C23H46NO8P. The van der Waals surface area contributed by atoms with Crippen molar-refractivity contribution in [2.45, 2.75) is 83.7 Å². The summed E-state index contributed by atoms with van der Waals surface area (Å²) in [7, 11) is 1.46. The Labute approximate surface area is 200 Å². The van der Waals surface area contributed by atoms with Crippen LogP contribution in [-0.2, 0) is 32.7 Å². The van der Waals surface area contributed by atoms with E-state index in [9.17, 15) is 19.0 Å². The Bertz CT molecular complexity index is 579. The fourth-order valence-electron chi connectivity index (χ4n) is 2.76. The zero-order chi connectivity index (χ0) is 25.2. The summed E-state index contributed by atoms with van der Waals surface area (Å²) >= 11 is 0. The average Bonchev–Trinajstić information content (AvgIpc) is 2.71. The van der Waals surface area contributed by atoms with Crippen LogP contribution in [0.1, 0.15) is 77.6 Å². The maximum atomic E-state index is 12.1. The Hall–Kier alpha value is -0.990. The van der Waals surface area contributed by atoms with Crippen LogP contribution in [0.4, 0.5) is 0 Å². The van der Waals surface area contributed by atoms with E-state index < -0.39 is 32.5 Å². The summed E-state index contributed by atoms with van der Waals surface area (Å²) in [5, 5.41) is 0. The van der Waals surface area contributed by atoms with Gasteiger partial charge in [0.05, 0.1) is 27.7 Å².